The summed E-state index contributed by atoms with van der Waals surface area (Å²) < 4.78 is 0. The van der Waals surface area contributed by atoms with Gasteiger partial charge in [-0.1, -0.05) is 37.3 Å². The Labute approximate surface area is 142 Å². The summed E-state index contributed by atoms with van der Waals surface area (Å²) in [4.78, 5) is 37.4. The largest absolute Gasteiger partial charge is 0.300 e. The first-order valence-corrected chi connectivity index (χ1v) is 8.37. The zero-order valence-corrected chi connectivity index (χ0v) is 14.1. The normalized spacial score (nSPS) is 13.5. The molecule has 0 aliphatic carbocycles. The van der Waals surface area contributed by atoms with E-state index in [1.165, 1.54) is 16.2 Å². The van der Waals surface area contributed by atoms with E-state index < -0.39 is 0 Å². The van der Waals surface area contributed by atoms with E-state index in [1.807, 2.05) is 0 Å². The molecule has 3 rings (SSSR count). The molecular formula is C16H16N4O3S. The van der Waals surface area contributed by atoms with Gasteiger partial charge in [0.05, 0.1) is 11.1 Å². The minimum Gasteiger partial charge on any atom is -0.300 e. The van der Waals surface area contributed by atoms with Gasteiger partial charge >= 0.3 is 0 Å². The predicted molar refractivity (Wildman–Crippen MR) is 88.9 cm³/mol. The van der Waals surface area contributed by atoms with E-state index in [4.69, 9.17) is 0 Å². The van der Waals surface area contributed by atoms with Crippen LogP contribution in [0, 0.1) is 5.92 Å². The summed E-state index contributed by atoms with van der Waals surface area (Å²) in [6, 6.07) is 6.78. The molecule has 0 spiro atoms. The maximum absolute atomic E-state index is 12.3. The van der Waals surface area contributed by atoms with E-state index in [0.717, 1.165) is 0 Å². The first-order chi connectivity index (χ1) is 11.5. The Morgan fingerprint density at radius 3 is 2.38 bits per heavy atom. The van der Waals surface area contributed by atoms with Crippen LogP contribution in [0.15, 0.2) is 24.3 Å². The zero-order chi connectivity index (χ0) is 17.3. The summed E-state index contributed by atoms with van der Waals surface area (Å²) in [5.74, 6) is -0.837. The number of nitrogens with zero attached hydrogens (tertiary/aromatic N) is 3. The van der Waals surface area contributed by atoms with Crippen molar-refractivity contribution in [2.24, 2.45) is 5.92 Å². The molecule has 0 saturated heterocycles. The number of rotatable bonds is 5. The monoisotopic (exact) mass is 344 g/mol. The minimum atomic E-state index is -0.284. The third kappa shape index (κ3) is 3.05. The second-order valence-corrected chi connectivity index (χ2v) is 6.76. The van der Waals surface area contributed by atoms with Gasteiger partial charge in [0.25, 0.3) is 11.8 Å². The van der Waals surface area contributed by atoms with Gasteiger partial charge in [0.1, 0.15) is 5.01 Å². The molecule has 1 aliphatic heterocycles. The first-order valence-electron chi connectivity index (χ1n) is 7.56. The highest BCUT2D eigenvalue weighted by Crippen LogP contribution is 2.23. The minimum absolute atomic E-state index is 0.127. The number of hydrogen-bond acceptors (Lipinski definition) is 6. The number of benzene rings is 1. The molecule has 0 fully saturated rings. The summed E-state index contributed by atoms with van der Waals surface area (Å²) in [7, 11) is 0. The highest BCUT2D eigenvalue weighted by Gasteiger charge is 2.34. The Kier molecular flexibility index (Phi) is 4.39. The van der Waals surface area contributed by atoms with Crippen molar-refractivity contribution < 1.29 is 14.4 Å². The Balaban J connectivity index is 1.63. The third-order valence-corrected chi connectivity index (χ3v) is 4.55. The van der Waals surface area contributed by atoms with E-state index in [-0.39, 0.29) is 30.2 Å². The maximum Gasteiger partial charge on any atom is 0.261 e. The van der Waals surface area contributed by atoms with Crippen LogP contribution in [0.4, 0.5) is 5.13 Å². The number of fused-ring (bicyclic) bond motifs is 1. The lowest BCUT2D eigenvalue weighted by Crippen LogP contribution is -2.31. The van der Waals surface area contributed by atoms with Crippen molar-refractivity contribution in [2.75, 3.05) is 11.9 Å². The molecule has 0 atom stereocenters. The average Bonchev–Trinajstić information content (AvgIpc) is 3.10. The number of imide groups is 1. The van der Waals surface area contributed by atoms with Gasteiger partial charge in [-0.05, 0) is 12.1 Å². The predicted octanol–water partition coefficient (Wildman–Crippen LogP) is 1.97. The highest BCUT2D eigenvalue weighted by molar-refractivity contribution is 7.15. The molecule has 0 bridgehead atoms. The van der Waals surface area contributed by atoms with Crippen molar-refractivity contribution >= 4 is 34.2 Å². The van der Waals surface area contributed by atoms with Crippen LogP contribution in [0.1, 0.15) is 39.6 Å². The fraction of sp³-hybridized carbons (Fsp3) is 0.312. The molecule has 2 aromatic rings. The van der Waals surface area contributed by atoms with E-state index in [1.54, 1.807) is 38.1 Å². The zero-order valence-electron chi connectivity index (χ0n) is 13.3. The Bertz CT molecular complexity index is 780. The van der Waals surface area contributed by atoms with Gasteiger partial charge in [-0.15, -0.1) is 10.2 Å². The average molecular weight is 344 g/mol. The molecule has 3 amide bonds. The molecule has 0 unspecified atom stereocenters. The molecule has 124 valence electrons. The quantitative estimate of drug-likeness (QED) is 0.837. The highest BCUT2D eigenvalue weighted by atomic mass is 32.1. The third-order valence-electron chi connectivity index (χ3n) is 3.65. The topological polar surface area (TPSA) is 92.3 Å². The molecule has 2 heterocycles. The van der Waals surface area contributed by atoms with Gasteiger partial charge in [-0.25, -0.2) is 0 Å². The van der Waals surface area contributed by atoms with Crippen LogP contribution >= 0.6 is 11.3 Å². The SMILES string of the molecule is CC(C)C(=O)Nc1nnc(CCN2C(=O)c3ccccc3C2=O)s1. The van der Waals surface area contributed by atoms with E-state index in [2.05, 4.69) is 15.5 Å². The molecule has 1 aromatic heterocycles. The van der Waals surface area contributed by atoms with Gasteiger partial charge in [-0.3, -0.25) is 19.3 Å². The van der Waals surface area contributed by atoms with E-state index >= 15 is 0 Å². The van der Waals surface area contributed by atoms with Crippen LogP contribution in [-0.4, -0.2) is 39.4 Å². The lowest BCUT2D eigenvalue weighted by atomic mass is 10.1. The molecule has 0 radical (unpaired) electrons. The second kappa shape index (κ2) is 6.48. The van der Waals surface area contributed by atoms with Crippen LogP contribution in [0.2, 0.25) is 0 Å². The summed E-state index contributed by atoms with van der Waals surface area (Å²) >= 11 is 1.24. The van der Waals surface area contributed by atoms with Crippen LogP contribution in [0.5, 0.6) is 0 Å². The van der Waals surface area contributed by atoms with Crippen molar-refractivity contribution in [3.63, 3.8) is 0 Å². The number of anilines is 1. The summed E-state index contributed by atoms with van der Waals surface area (Å²) in [6.45, 7) is 3.82. The maximum atomic E-state index is 12.3. The first kappa shape index (κ1) is 16.3. The molecule has 0 saturated carbocycles. The molecule has 1 aromatic carbocycles. The van der Waals surface area contributed by atoms with Gasteiger partial charge in [-0.2, -0.15) is 0 Å². The number of carbonyl (C=O) groups excluding carboxylic acids is 3. The van der Waals surface area contributed by atoms with Crippen LogP contribution in [0.3, 0.4) is 0 Å². The molecule has 1 N–H and O–H groups in total. The molecule has 24 heavy (non-hydrogen) atoms. The van der Waals surface area contributed by atoms with Gasteiger partial charge < -0.3 is 5.32 Å². The van der Waals surface area contributed by atoms with Gasteiger partial charge in [0, 0.05) is 18.9 Å². The Hall–Kier alpha value is -2.61. The standard InChI is InChI=1S/C16H16N4O3S/c1-9(2)13(21)17-16-19-18-12(24-16)7-8-20-14(22)10-5-3-4-6-11(10)15(20)23/h3-6,9H,7-8H2,1-2H3,(H,17,19,21). The van der Waals surface area contributed by atoms with Gasteiger partial charge in [0.2, 0.25) is 11.0 Å². The lowest BCUT2D eigenvalue weighted by molar-refractivity contribution is -0.118. The molecule has 8 heteroatoms. The Morgan fingerprint density at radius 1 is 1.17 bits per heavy atom. The molecule has 1 aliphatic rings. The van der Waals surface area contributed by atoms with Crippen molar-refractivity contribution in [1.82, 2.24) is 15.1 Å². The molecular weight excluding hydrogens is 328 g/mol. The van der Waals surface area contributed by atoms with Crippen molar-refractivity contribution in [3.8, 4) is 0 Å². The van der Waals surface area contributed by atoms with Crippen molar-refractivity contribution in [1.29, 1.82) is 0 Å². The number of aromatic nitrogens is 2. The van der Waals surface area contributed by atoms with Crippen LogP contribution in [0.25, 0.3) is 0 Å². The smallest absolute Gasteiger partial charge is 0.261 e. The number of amides is 3. The number of carbonyl (C=O) groups is 3. The van der Waals surface area contributed by atoms with Crippen molar-refractivity contribution in [2.45, 2.75) is 20.3 Å². The van der Waals surface area contributed by atoms with E-state index in [9.17, 15) is 14.4 Å². The lowest BCUT2D eigenvalue weighted by Gasteiger charge is -2.12. The van der Waals surface area contributed by atoms with Gasteiger partial charge in [0.15, 0.2) is 0 Å². The summed E-state index contributed by atoms with van der Waals surface area (Å²) in [6.07, 6.45) is 0.403. The van der Waals surface area contributed by atoms with Crippen LogP contribution < -0.4 is 5.32 Å². The van der Waals surface area contributed by atoms with Crippen molar-refractivity contribution in [3.05, 3.63) is 40.4 Å². The second-order valence-electron chi connectivity index (χ2n) is 5.70. The Morgan fingerprint density at radius 2 is 1.79 bits per heavy atom. The van der Waals surface area contributed by atoms with E-state index in [0.29, 0.717) is 27.7 Å². The number of hydrogen-bond donors (Lipinski definition) is 1. The number of nitrogens with one attached hydrogen (secondary N) is 1. The van der Waals surface area contributed by atoms with Crippen LogP contribution in [-0.2, 0) is 11.2 Å². The molecule has 7 nitrogen and oxygen atoms in total. The summed E-state index contributed by atoms with van der Waals surface area (Å²) in [5.41, 5.74) is 0.870. The fourth-order valence-electron chi connectivity index (χ4n) is 2.30. The fourth-order valence-corrected chi connectivity index (χ4v) is 3.04. The summed E-state index contributed by atoms with van der Waals surface area (Å²) in [5, 5.41) is 11.7.